The largest absolute Gasteiger partial charge is 0.508 e. The molecule has 0 aliphatic carbocycles. The lowest BCUT2D eigenvalue weighted by molar-refractivity contribution is -0.117. The first-order valence-electron chi connectivity index (χ1n) is 8.83. The third-order valence-corrected chi connectivity index (χ3v) is 4.11. The number of nitrogens with one attached hydrogen (secondary N) is 2. The van der Waals surface area contributed by atoms with Crippen LogP contribution in [-0.4, -0.2) is 17.6 Å². The van der Waals surface area contributed by atoms with Crippen molar-refractivity contribution in [3.8, 4) is 11.8 Å². The number of nitrogens with zero attached hydrogens (tertiary/aromatic N) is 1. The highest BCUT2D eigenvalue weighted by atomic mass is 16.3. The van der Waals surface area contributed by atoms with Gasteiger partial charge in [0.1, 0.15) is 17.4 Å². The van der Waals surface area contributed by atoms with Gasteiger partial charge in [-0.25, -0.2) is 0 Å². The zero-order valence-corrected chi connectivity index (χ0v) is 15.9. The zero-order chi connectivity index (χ0) is 19.9. The molecule has 0 unspecified atom stereocenters. The summed E-state index contributed by atoms with van der Waals surface area (Å²) in [7, 11) is 0. The van der Waals surface area contributed by atoms with Crippen LogP contribution in [0, 0.1) is 11.3 Å². The lowest BCUT2D eigenvalue weighted by atomic mass is 9.86. The quantitative estimate of drug-likeness (QED) is 0.537. The lowest BCUT2D eigenvalue weighted by Gasteiger charge is -2.22. The van der Waals surface area contributed by atoms with Gasteiger partial charge in [0, 0.05) is 18.4 Å². The van der Waals surface area contributed by atoms with Crippen molar-refractivity contribution in [3.63, 3.8) is 0 Å². The second kappa shape index (κ2) is 8.91. The van der Waals surface area contributed by atoms with Crippen molar-refractivity contribution in [2.45, 2.75) is 32.6 Å². The Balaban J connectivity index is 1.98. The van der Waals surface area contributed by atoms with E-state index in [1.54, 1.807) is 24.3 Å². The smallest absolute Gasteiger partial charge is 0.263 e. The van der Waals surface area contributed by atoms with Gasteiger partial charge in [-0.2, -0.15) is 5.26 Å². The number of anilines is 1. The average Bonchev–Trinajstić information content (AvgIpc) is 2.63. The first-order valence-corrected chi connectivity index (χ1v) is 8.83. The Morgan fingerprint density at radius 2 is 1.81 bits per heavy atom. The number of phenols is 1. The Bertz CT molecular complexity index is 856. The molecule has 0 heterocycles. The first kappa shape index (κ1) is 20.1. The van der Waals surface area contributed by atoms with E-state index in [4.69, 9.17) is 0 Å². The maximum Gasteiger partial charge on any atom is 0.263 e. The fourth-order valence-electron chi connectivity index (χ4n) is 2.64. The van der Waals surface area contributed by atoms with Crippen LogP contribution in [0.5, 0.6) is 5.75 Å². The Kier molecular flexibility index (Phi) is 6.62. The van der Waals surface area contributed by atoms with Crippen LogP contribution in [0.15, 0.2) is 60.3 Å². The fourth-order valence-corrected chi connectivity index (χ4v) is 2.64. The van der Waals surface area contributed by atoms with Crippen molar-refractivity contribution >= 4 is 11.6 Å². The number of hydrogen-bond donors (Lipinski definition) is 3. The number of carbonyl (C=O) groups is 1. The molecule has 5 heteroatoms. The number of benzene rings is 2. The van der Waals surface area contributed by atoms with E-state index in [-0.39, 0.29) is 16.7 Å². The molecule has 0 bridgehead atoms. The second-order valence-corrected chi connectivity index (χ2v) is 7.28. The number of phenolic OH excluding ortho intramolecular Hbond substituents is 1. The molecule has 0 fully saturated rings. The molecule has 2 rings (SSSR count). The SMILES string of the molecule is CC(C)(C)c1ccccc1N/C=C(/C#N)C(=O)NCCc1ccc(O)cc1. The highest BCUT2D eigenvalue weighted by Gasteiger charge is 2.17. The number of para-hydroxylation sites is 1. The summed E-state index contributed by atoms with van der Waals surface area (Å²) in [5.74, 6) is -0.212. The Morgan fingerprint density at radius 3 is 2.44 bits per heavy atom. The topological polar surface area (TPSA) is 85.2 Å². The molecule has 0 aliphatic rings. The summed E-state index contributed by atoms with van der Waals surface area (Å²) < 4.78 is 0. The third kappa shape index (κ3) is 5.89. The molecule has 2 aromatic carbocycles. The summed E-state index contributed by atoms with van der Waals surface area (Å²) in [4.78, 5) is 12.2. The fraction of sp³-hybridized carbons (Fsp3) is 0.273. The number of nitriles is 1. The molecule has 0 atom stereocenters. The number of amides is 1. The monoisotopic (exact) mass is 363 g/mol. The molecule has 27 heavy (non-hydrogen) atoms. The summed E-state index contributed by atoms with van der Waals surface area (Å²) in [5, 5.41) is 24.4. The van der Waals surface area contributed by atoms with Crippen LogP contribution >= 0.6 is 0 Å². The predicted molar refractivity (Wildman–Crippen MR) is 107 cm³/mol. The standard InChI is InChI=1S/C22H25N3O2/c1-22(2,3)19-6-4-5-7-20(19)25-15-17(14-23)21(27)24-13-12-16-8-10-18(26)11-9-16/h4-11,15,25-26H,12-13H2,1-3H3,(H,24,27)/b17-15-. The molecule has 0 aliphatic heterocycles. The van der Waals surface area contributed by atoms with E-state index in [2.05, 4.69) is 31.4 Å². The van der Waals surface area contributed by atoms with Crippen molar-refractivity contribution in [2.24, 2.45) is 0 Å². The summed E-state index contributed by atoms with van der Waals surface area (Å²) in [6.07, 6.45) is 2.06. The van der Waals surface area contributed by atoms with E-state index in [0.29, 0.717) is 13.0 Å². The van der Waals surface area contributed by atoms with Gasteiger partial charge in [0.15, 0.2) is 0 Å². The van der Waals surface area contributed by atoms with Gasteiger partial charge < -0.3 is 15.7 Å². The van der Waals surface area contributed by atoms with E-state index in [1.165, 1.54) is 6.20 Å². The van der Waals surface area contributed by atoms with Crippen LogP contribution in [0.4, 0.5) is 5.69 Å². The number of aromatic hydroxyl groups is 1. The third-order valence-electron chi connectivity index (χ3n) is 4.11. The van der Waals surface area contributed by atoms with Gasteiger partial charge in [0.25, 0.3) is 5.91 Å². The number of rotatable bonds is 6. The minimum Gasteiger partial charge on any atom is -0.508 e. The molecule has 0 radical (unpaired) electrons. The molecular weight excluding hydrogens is 338 g/mol. The second-order valence-electron chi connectivity index (χ2n) is 7.28. The molecular formula is C22H25N3O2. The van der Waals surface area contributed by atoms with Crippen LogP contribution in [0.25, 0.3) is 0 Å². The van der Waals surface area contributed by atoms with E-state index in [0.717, 1.165) is 16.8 Å². The van der Waals surface area contributed by atoms with Gasteiger partial charge in [0.2, 0.25) is 0 Å². The molecule has 0 saturated carbocycles. The normalized spacial score (nSPS) is 11.6. The van der Waals surface area contributed by atoms with E-state index >= 15 is 0 Å². The van der Waals surface area contributed by atoms with Crippen LogP contribution in [-0.2, 0) is 16.6 Å². The summed E-state index contributed by atoms with van der Waals surface area (Å²) in [6, 6.07) is 16.6. The van der Waals surface area contributed by atoms with Crippen LogP contribution in [0.2, 0.25) is 0 Å². The van der Waals surface area contributed by atoms with E-state index < -0.39 is 5.91 Å². The van der Waals surface area contributed by atoms with Crippen molar-refractivity contribution in [1.82, 2.24) is 5.32 Å². The number of hydrogen-bond acceptors (Lipinski definition) is 4. The summed E-state index contributed by atoms with van der Waals surface area (Å²) in [6.45, 7) is 6.73. The van der Waals surface area contributed by atoms with Gasteiger partial charge >= 0.3 is 0 Å². The molecule has 2 aromatic rings. The van der Waals surface area contributed by atoms with E-state index in [1.807, 2.05) is 30.3 Å². The summed E-state index contributed by atoms with van der Waals surface area (Å²) in [5.41, 5.74) is 2.93. The van der Waals surface area contributed by atoms with Crippen LogP contribution < -0.4 is 10.6 Å². The van der Waals surface area contributed by atoms with Crippen molar-refractivity contribution in [1.29, 1.82) is 5.26 Å². The zero-order valence-electron chi connectivity index (χ0n) is 15.9. The minimum atomic E-state index is -0.419. The number of carbonyl (C=O) groups excluding carboxylic acids is 1. The highest BCUT2D eigenvalue weighted by molar-refractivity contribution is 5.97. The van der Waals surface area contributed by atoms with Gasteiger partial charge in [0.05, 0.1) is 0 Å². The van der Waals surface area contributed by atoms with Gasteiger partial charge in [-0.15, -0.1) is 0 Å². The van der Waals surface area contributed by atoms with Crippen molar-refractivity contribution in [3.05, 3.63) is 71.4 Å². The Morgan fingerprint density at radius 1 is 1.15 bits per heavy atom. The Labute approximate surface area is 160 Å². The van der Waals surface area contributed by atoms with Crippen molar-refractivity contribution in [2.75, 3.05) is 11.9 Å². The predicted octanol–water partition coefficient (Wildman–Crippen LogP) is 3.87. The maximum absolute atomic E-state index is 12.2. The molecule has 5 nitrogen and oxygen atoms in total. The Hall–Kier alpha value is -3.26. The first-order chi connectivity index (χ1) is 12.8. The van der Waals surface area contributed by atoms with E-state index in [9.17, 15) is 15.2 Å². The highest BCUT2D eigenvalue weighted by Crippen LogP contribution is 2.29. The summed E-state index contributed by atoms with van der Waals surface area (Å²) >= 11 is 0. The van der Waals surface area contributed by atoms with Gasteiger partial charge in [-0.05, 0) is 41.2 Å². The molecule has 0 saturated heterocycles. The average molecular weight is 363 g/mol. The molecule has 140 valence electrons. The van der Waals surface area contributed by atoms with Crippen molar-refractivity contribution < 1.29 is 9.90 Å². The minimum absolute atomic E-state index is 0.0180. The molecule has 1 amide bonds. The lowest BCUT2D eigenvalue weighted by Crippen LogP contribution is -2.27. The molecule has 0 aromatic heterocycles. The van der Waals surface area contributed by atoms with Gasteiger partial charge in [-0.1, -0.05) is 51.1 Å². The molecule has 0 spiro atoms. The molecule has 3 N–H and O–H groups in total. The maximum atomic E-state index is 12.2. The van der Waals surface area contributed by atoms with Crippen LogP contribution in [0.3, 0.4) is 0 Å². The van der Waals surface area contributed by atoms with Gasteiger partial charge in [-0.3, -0.25) is 4.79 Å². The van der Waals surface area contributed by atoms with Crippen LogP contribution in [0.1, 0.15) is 31.9 Å².